The fourth-order valence-corrected chi connectivity index (χ4v) is 2.58. The summed E-state index contributed by atoms with van der Waals surface area (Å²) in [5.74, 6) is 0.217. The normalized spacial score (nSPS) is 12.3. The Labute approximate surface area is 107 Å². The van der Waals surface area contributed by atoms with Crippen molar-refractivity contribution in [3.05, 3.63) is 23.5 Å². The average Bonchev–Trinajstić information content (AvgIpc) is 2.55. The molecule has 1 aromatic heterocycles. The van der Waals surface area contributed by atoms with Gasteiger partial charge in [-0.1, -0.05) is 13.3 Å². The number of benzene rings is 1. The van der Waals surface area contributed by atoms with E-state index in [1.807, 2.05) is 10.6 Å². The lowest BCUT2D eigenvalue weighted by Gasteiger charge is -2.28. The number of aryl methyl sites for hydroxylation is 1. The van der Waals surface area contributed by atoms with Gasteiger partial charge < -0.3 is 10.3 Å². The molecular formula is C14H20FN3. The maximum absolute atomic E-state index is 13.5. The molecule has 0 radical (unpaired) electrons. The van der Waals surface area contributed by atoms with E-state index in [4.69, 9.17) is 5.73 Å². The molecule has 2 aromatic rings. The maximum Gasteiger partial charge on any atom is 0.201 e. The van der Waals surface area contributed by atoms with Crippen molar-refractivity contribution in [2.45, 2.75) is 46.1 Å². The van der Waals surface area contributed by atoms with Crippen LogP contribution >= 0.6 is 0 Å². The van der Waals surface area contributed by atoms with Crippen molar-refractivity contribution in [2.75, 3.05) is 5.73 Å². The Morgan fingerprint density at radius 3 is 2.67 bits per heavy atom. The second-order valence-corrected chi connectivity index (χ2v) is 5.46. The molecule has 18 heavy (non-hydrogen) atoms. The number of halogens is 1. The van der Waals surface area contributed by atoms with Gasteiger partial charge in [0.05, 0.1) is 11.0 Å². The quantitative estimate of drug-likeness (QED) is 0.903. The number of fused-ring (bicyclic) bond motifs is 1. The van der Waals surface area contributed by atoms with Crippen LogP contribution in [-0.4, -0.2) is 9.55 Å². The average molecular weight is 249 g/mol. The van der Waals surface area contributed by atoms with E-state index in [-0.39, 0.29) is 11.4 Å². The topological polar surface area (TPSA) is 43.8 Å². The summed E-state index contributed by atoms with van der Waals surface area (Å²) in [4.78, 5) is 4.26. The first-order chi connectivity index (χ1) is 8.36. The zero-order chi connectivity index (χ0) is 13.5. The second-order valence-electron chi connectivity index (χ2n) is 5.46. The SMILES string of the molecule is CCCC(C)(C)n1c(N)nc2cc(F)c(C)cc21. The molecule has 98 valence electrons. The molecule has 0 atom stereocenters. The fourth-order valence-electron chi connectivity index (χ4n) is 2.58. The molecule has 0 aliphatic carbocycles. The first kappa shape index (κ1) is 12.9. The van der Waals surface area contributed by atoms with E-state index >= 15 is 0 Å². The lowest BCUT2D eigenvalue weighted by Crippen LogP contribution is -2.27. The van der Waals surface area contributed by atoms with Gasteiger partial charge in [0.2, 0.25) is 5.95 Å². The van der Waals surface area contributed by atoms with Gasteiger partial charge in [-0.2, -0.15) is 0 Å². The number of aromatic nitrogens is 2. The monoisotopic (exact) mass is 249 g/mol. The van der Waals surface area contributed by atoms with Gasteiger partial charge in [0.15, 0.2) is 0 Å². The zero-order valence-corrected chi connectivity index (χ0v) is 11.4. The number of nitrogens with two attached hydrogens (primary N) is 1. The Balaban J connectivity index is 2.70. The van der Waals surface area contributed by atoms with Gasteiger partial charge in [-0.15, -0.1) is 0 Å². The molecule has 1 heterocycles. The van der Waals surface area contributed by atoms with E-state index in [0.717, 1.165) is 18.4 Å². The molecular weight excluding hydrogens is 229 g/mol. The minimum absolute atomic E-state index is 0.113. The van der Waals surface area contributed by atoms with Crippen molar-refractivity contribution in [3.63, 3.8) is 0 Å². The summed E-state index contributed by atoms with van der Waals surface area (Å²) in [7, 11) is 0. The molecule has 0 aliphatic rings. The maximum atomic E-state index is 13.5. The van der Waals surface area contributed by atoms with E-state index in [9.17, 15) is 4.39 Å². The summed E-state index contributed by atoms with van der Waals surface area (Å²) in [5.41, 5.74) is 8.04. The highest BCUT2D eigenvalue weighted by molar-refractivity contribution is 5.79. The predicted octanol–water partition coefficient (Wildman–Crippen LogP) is 3.60. The molecule has 1 aromatic carbocycles. The summed E-state index contributed by atoms with van der Waals surface area (Å²) in [6, 6.07) is 3.28. The van der Waals surface area contributed by atoms with Crippen LogP contribution in [0.3, 0.4) is 0 Å². The summed E-state index contributed by atoms with van der Waals surface area (Å²) in [6.45, 7) is 8.16. The Bertz CT molecular complexity index is 584. The van der Waals surface area contributed by atoms with Crippen LogP contribution in [0.2, 0.25) is 0 Å². The van der Waals surface area contributed by atoms with Gasteiger partial charge in [-0.05, 0) is 38.8 Å². The van der Waals surface area contributed by atoms with Crippen LogP contribution in [0.4, 0.5) is 10.3 Å². The van der Waals surface area contributed by atoms with Crippen molar-refractivity contribution in [1.82, 2.24) is 9.55 Å². The molecule has 4 heteroatoms. The number of imidazole rings is 1. The number of nitrogen functional groups attached to an aromatic ring is 1. The van der Waals surface area contributed by atoms with Gasteiger partial charge in [-0.25, -0.2) is 9.37 Å². The van der Waals surface area contributed by atoms with Crippen molar-refractivity contribution in [2.24, 2.45) is 0 Å². The lowest BCUT2D eigenvalue weighted by molar-refractivity contribution is 0.338. The molecule has 0 bridgehead atoms. The highest BCUT2D eigenvalue weighted by Gasteiger charge is 2.24. The lowest BCUT2D eigenvalue weighted by atomic mass is 9.98. The van der Waals surface area contributed by atoms with Gasteiger partial charge >= 0.3 is 0 Å². The Hall–Kier alpha value is -1.58. The van der Waals surface area contributed by atoms with Crippen LogP contribution in [0.5, 0.6) is 0 Å². The van der Waals surface area contributed by atoms with Crippen molar-refractivity contribution in [1.29, 1.82) is 0 Å². The number of nitrogens with zero attached hydrogens (tertiary/aromatic N) is 2. The van der Waals surface area contributed by atoms with Crippen molar-refractivity contribution >= 4 is 17.0 Å². The van der Waals surface area contributed by atoms with E-state index in [2.05, 4.69) is 25.8 Å². The fraction of sp³-hybridized carbons (Fsp3) is 0.500. The number of hydrogen-bond acceptors (Lipinski definition) is 2. The number of rotatable bonds is 3. The molecule has 0 saturated carbocycles. The minimum atomic E-state index is -0.236. The molecule has 2 rings (SSSR count). The third-order valence-corrected chi connectivity index (χ3v) is 3.43. The van der Waals surface area contributed by atoms with E-state index in [1.54, 1.807) is 6.92 Å². The first-order valence-electron chi connectivity index (χ1n) is 6.31. The van der Waals surface area contributed by atoms with Gasteiger partial charge in [0.25, 0.3) is 0 Å². The molecule has 0 unspecified atom stereocenters. The summed E-state index contributed by atoms with van der Waals surface area (Å²) in [6.07, 6.45) is 2.06. The number of anilines is 1. The molecule has 0 saturated heterocycles. The third kappa shape index (κ3) is 1.96. The summed E-state index contributed by atoms with van der Waals surface area (Å²) < 4.78 is 15.6. The van der Waals surface area contributed by atoms with Crippen LogP contribution in [0.15, 0.2) is 12.1 Å². The van der Waals surface area contributed by atoms with Gasteiger partial charge in [0.1, 0.15) is 5.82 Å². The van der Waals surface area contributed by atoms with Gasteiger partial charge in [0, 0.05) is 11.6 Å². The van der Waals surface area contributed by atoms with Gasteiger partial charge in [-0.3, -0.25) is 0 Å². The minimum Gasteiger partial charge on any atom is -0.369 e. The largest absolute Gasteiger partial charge is 0.369 e. The molecule has 0 aliphatic heterocycles. The standard InChI is InChI=1S/C14H20FN3/c1-5-6-14(3,4)18-12-7-9(2)10(15)8-11(12)17-13(18)16/h7-8H,5-6H2,1-4H3,(H2,16,17). The summed E-state index contributed by atoms with van der Waals surface area (Å²) >= 11 is 0. The van der Waals surface area contributed by atoms with E-state index in [1.165, 1.54) is 6.07 Å². The Morgan fingerprint density at radius 2 is 2.06 bits per heavy atom. The highest BCUT2D eigenvalue weighted by Crippen LogP contribution is 2.31. The molecule has 3 nitrogen and oxygen atoms in total. The van der Waals surface area contributed by atoms with Crippen molar-refractivity contribution < 1.29 is 4.39 Å². The Kier molecular flexibility index (Phi) is 3.05. The highest BCUT2D eigenvalue weighted by atomic mass is 19.1. The summed E-state index contributed by atoms with van der Waals surface area (Å²) in [5, 5.41) is 0. The second kappa shape index (κ2) is 4.26. The van der Waals surface area contributed by atoms with E-state index < -0.39 is 0 Å². The first-order valence-corrected chi connectivity index (χ1v) is 6.31. The predicted molar refractivity (Wildman–Crippen MR) is 73.1 cm³/mol. The van der Waals surface area contributed by atoms with Crippen LogP contribution in [0, 0.1) is 12.7 Å². The van der Waals surface area contributed by atoms with Crippen LogP contribution in [-0.2, 0) is 5.54 Å². The molecule has 0 amide bonds. The molecule has 0 fully saturated rings. The van der Waals surface area contributed by atoms with Crippen molar-refractivity contribution in [3.8, 4) is 0 Å². The van der Waals surface area contributed by atoms with Crippen LogP contribution in [0.1, 0.15) is 39.2 Å². The van der Waals surface area contributed by atoms with E-state index in [0.29, 0.717) is 17.0 Å². The molecule has 0 spiro atoms. The Morgan fingerprint density at radius 1 is 1.39 bits per heavy atom. The smallest absolute Gasteiger partial charge is 0.201 e. The third-order valence-electron chi connectivity index (χ3n) is 3.43. The zero-order valence-electron chi connectivity index (χ0n) is 11.4. The van der Waals surface area contributed by atoms with Crippen LogP contribution in [0.25, 0.3) is 11.0 Å². The number of hydrogen-bond donors (Lipinski definition) is 1. The molecule has 2 N–H and O–H groups in total. The van der Waals surface area contributed by atoms with Crippen LogP contribution < -0.4 is 5.73 Å².